The van der Waals surface area contributed by atoms with Crippen LogP contribution in [0.2, 0.25) is 0 Å². The van der Waals surface area contributed by atoms with E-state index in [0.717, 1.165) is 5.56 Å². The molecular formula is C19H16FNO5. The van der Waals surface area contributed by atoms with Crippen molar-refractivity contribution in [2.24, 2.45) is 0 Å². The van der Waals surface area contributed by atoms with Gasteiger partial charge in [-0.2, -0.15) is 0 Å². The standard InChI is InChI=1S/C19H16FNO5/c20-14-3-5-15(6-4-14)25-11-19(24)26-10-17(22)13-1-7-16-12(9-13)2-8-18(23)21-16/h1,3-7,9H,2,8,10-11H2,(H,21,23). The molecule has 2 aromatic carbocycles. The first-order valence-electron chi connectivity index (χ1n) is 8.01. The molecule has 1 N–H and O–H groups in total. The second-order valence-corrected chi connectivity index (χ2v) is 5.75. The topological polar surface area (TPSA) is 81.7 Å². The summed E-state index contributed by atoms with van der Waals surface area (Å²) < 4.78 is 22.8. The number of amides is 1. The largest absolute Gasteiger partial charge is 0.482 e. The van der Waals surface area contributed by atoms with Crippen LogP contribution >= 0.6 is 0 Å². The van der Waals surface area contributed by atoms with E-state index in [4.69, 9.17) is 9.47 Å². The highest BCUT2D eigenvalue weighted by atomic mass is 19.1. The van der Waals surface area contributed by atoms with Crippen LogP contribution in [0.4, 0.5) is 10.1 Å². The average molecular weight is 357 g/mol. The van der Waals surface area contributed by atoms with E-state index in [9.17, 15) is 18.8 Å². The summed E-state index contributed by atoms with van der Waals surface area (Å²) in [6.07, 6.45) is 0.938. The lowest BCUT2D eigenvalue weighted by Gasteiger charge is -2.17. The van der Waals surface area contributed by atoms with Crippen LogP contribution in [0.3, 0.4) is 0 Å². The molecule has 0 radical (unpaired) electrons. The van der Waals surface area contributed by atoms with E-state index in [-0.39, 0.29) is 18.3 Å². The van der Waals surface area contributed by atoms with Crippen molar-refractivity contribution in [2.75, 3.05) is 18.5 Å². The molecule has 26 heavy (non-hydrogen) atoms. The van der Waals surface area contributed by atoms with Gasteiger partial charge in [-0.1, -0.05) is 0 Å². The number of aryl methyl sites for hydroxylation is 1. The normalized spacial score (nSPS) is 12.7. The Bertz CT molecular complexity index is 848. The van der Waals surface area contributed by atoms with Crippen LogP contribution in [-0.2, 0) is 20.7 Å². The fourth-order valence-corrected chi connectivity index (χ4v) is 2.50. The van der Waals surface area contributed by atoms with Crippen LogP contribution in [0.25, 0.3) is 0 Å². The maximum absolute atomic E-state index is 12.8. The zero-order chi connectivity index (χ0) is 18.5. The van der Waals surface area contributed by atoms with Crippen LogP contribution in [0, 0.1) is 5.82 Å². The molecule has 0 saturated carbocycles. The zero-order valence-electron chi connectivity index (χ0n) is 13.8. The SMILES string of the molecule is O=C1CCc2cc(C(=O)COC(=O)COc3ccc(F)cc3)ccc2N1. The number of ether oxygens (including phenoxy) is 2. The van der Waals surface area contributed by atoms with E-state index in [1.807, 2.05) is 0 Å². The number of fused-ring (bicyclic) bond motifs is 1. The zero-order valence-corrected chi connectivity index (χ0v) is 13.8. The van der Waals surface area contributed by atoms with Gasteiger partial charge in [-0.3, -0.25) is 9.59 Å². The van der Waals surface area contributed by atoms with E-state index < -0.39 is 18.4 Å². The van der Waals surface area contributed by atoms with Gasteiger partial charge in [0.05, 0.1) is 0 Å². The number of rotatable bonds is 6. The molecule has 1 amide bonds. The van der Waals surface area contributed by atoms with Crippen molar-refractivity contribution in [3.8, 4) is 5.75 Å². The molecule has 6 nitrogen and oxygen atoms in total. The van der Waals surface area contributed by atoms with Crippen molar-refractivity contribution >= 4 is 23.3 Å². The number of hydrogen-bond acceptors (Lipinski definition) is 5. The summed E-state index contributed by atoms with van der Waals surface area (Å²) in [4.78, 5) is 35.2. The molecule has 0 fully saturated rings. The van der Waals surface area contributed by atoms with Crippen molar-refractivity contribution < 1.29 is 28.2 Å². The minimum absolute atomic E-state index is 0.0494. The molecule has 0 bridgehead atoms. The number of anilines is 1. The maximum atomic E-state index is 12.8. The van der Waals surface area contributed by atoms with Crippen LogP contribution in [-0.4, -0.2) is 30.9 Å². The van der Waals surface area contributed by atoms with Gasteiger partial charge in [0.15, 0.2) is 19.0 Å². The van der Waals surface area contributed by atoms with E-state index in [1.54, 1.807) is 18.2 Å². The molecule has 1 heterocycles. The summed E-state index contributed by atoms with van der Waals surface area (Å²) in [6.45, 7) is -0.786. The van der Waals surface area contributed by atoms with Crippen molar-refractivity contribution in [3.05, 3.63) is 59.4 Å². The highest BCUT2D eigenvalue weighted by Gasteiger charge is 2.17. The Morgan fingerprint density at radius 2 is 1.81 bits per heavy atom. The number of Topliss-reactive ketones (excluding diaryl/α,β-unsaturated/α-hetero) is 1. The number of hydrogen-bond donors (Lipinski definition) is 1. The predicted molar refractivity (Wildman–Crippen MR) is 90.6 cm³/mol. The van der Waals surface area contributed by atoms with Crippen LogP contribution in [0.15, 0.2) is 42.5 Å². The van der Waals surface area contributed by atoms with Gasteiger partial charge < -0.3 is 14.8 Å². The molecule has 0 unspecified atom stereocenters. The second-order valence-electron chi connectivity index (χ2n) is 5.75. The van der Waals surface area contributed by atoms with Gasteiger partial charge in [0.1, 0.15) is 11.6 Å². The van der Waals surface area contributed by atoms with Crippen LogP contribution in [0.1, 0.15) is 22.3 Å². The lowest BCUT2D eigenvalue weighted by molar-refractivity contribution is -0.144. The highest BCUT2D eigenvalue weighted by molar-refractivity contribution is 6.00. The van der Waals surface area contributed by atoms with Gasteiger partial charge in [0.2, 0.25) is 5.91 Å². The molecule has 0 saturated heterocycles. The van der Waals surface area contributed by atoms with E-state index in [1.165, 1.54) is 24.3 Å². The minimum atomic E-state index is -0.701. The van der Waals surface area contributed by atoms with Gasteiger partial charge >= 0.3 is 5.97 Å². The predicted octanol–water partition coefficient (Wildman–Crippen LogP) is 2.52. The Balaban J connectivity index is 1.49. The molecule has 7 heteroatoms. The monoisotopic (exact) mass is 357 g/mol. The Labute approximate surface area is 148 Å². The second kappa shape index (κ2) is 7.77. The molecule has 1 aliphatic heterocycles. The first-order valence-corrected chi connectivity index (χ1v) is 8.01. The van der Waals surface area contributed by atoms with Crippen molar-refractivity contribution in [2.45, 2.75) is 12.8 Å². The molecule has 0 atom stereocenters. The fourth-order valence-electron chi connectivity index (χ4n) is 2.50. The fraction of sp³-hybridized carbons (Fsp3) is 0.211. The summed E-state index contributed by atoms with van der Waals surface area (Å²) in [6, 6.07) is 10.1. The lowest BCUT2D eigenvalue weighted by Crippen LogP contribution is -2.21. The molecule has 1 aliphatic rings. The summed E-state index contributed by atoms with van der Waals surface area (Å²) >= 11 is 0. The molecule has 0 spiro atoms. The summed E-state index contributed by atoms with van der Waals surface area (Å²) in [7, 11) is 0. The first-order chi connectivity index (χ1) is 12.5. The van der Waals surface area contributed by atoms with Gasteiger partial charge in [-0.15, -0.1) is 0 Å². The third-order valence-electron chi connectivity index (χ3n) is 3.86. The molecule has 0 aromatic heterocycles. The van der Waals surface area contributed by atoms with Gasteiger partial charge in [-0.05, 0) is 54.4 Å². The van der Waals surface area contributed by atoms with Gasteiger partial charge in [0, 0.05) is 17.7 Å². The Kier molecular flexibility index (Phi) is 5.26. The maximum Gasteiger partial charge on any atom is 0.344 e. The Morgan fingerprint density at radius 1 is 1.04 bits per heavy atom. The Morgan fingerprint density at radius 3 is 2.58 bits per heavy atom. The van der Waals surface area contributed by atoms with Crippen LogP contribution < -0.4 is 10.1 Å². The first kappa shape index (κ1) is 17.6. The minimum Gasteiger partial charge on any atom is -0.482 e. The van der Waals surface area contributed by atoms with Crippen molar-refractivity contribution in [3.63, 3.8) is 0 Å². The lowest BCUT2D eigenvalue weighted by atomic mass is 9.99. The molecular weight excluding hydrogens is 341 g/mol. The van der Waals surface area contributed by atoms with Gasteiger partial charge in [-0.25, -0.2) is 9.18 Å². The number of benzene rings is 2. The molecule has 3 rings (SSSR count). The summed E-state index contributed by atoms with van der Waals surface area (Å²) in [5, 5.41) is 2.74. The number of carbonyl (C=O) groups excluding carboxylic acids is 3. The van der Waals surface area contributed by atoms with Gasteiger partial charge in [0.25, 0.3) is 0 Å². The smallest absolute Gasteiger partial charge is 0.344 e. The molecule has 2 aromatic rings. The number of ketones is 1. The third-order valence-corrected chi connectivity index (χ3v) is 3.86. The summed E-state index contributed by atoms with van der Waals surface area (Å²) in [5.74, 6) is -1.18. The summed E-state index contributed by atoms with van der Waals surface area (Å²) in [5.41, 5.74) is 1.98. The number of halogens is 1. The number of nitrogens with one attached hydrogen (secondary N) is 1. The van der Waals surface area contributed by atoms with Crippen molar-refractivity contribution in [1.82, 2.24) is 0 Å². The number of esters is 1. The average Bonchev–Trinajstić information content (AvgIpc) is 2.65. The molecule has 134 valence electrons. The van der Waals surface area contributed by atoms with E-state index in [2.05, 4.69) is 5.32 Å². The van der Waals surface area contributed by atoms with E-state index in [0.29, 0.717) is 29.8 Å². The van der Waals surface area contributed by atoms with Crippen molar-refractivity contribution in [1.29, 1.82) is 0 Å². The van der Waals surface area contributed by atoms with E-state index >= 15 is 0 Å². The third kappa shape index (κ3) is 4.44. The quantitative estimate of drug-likeness (QED) is 0.635. The highest BCUT2D eigenvalue weighted by Crippen LogP contribution is 2.23. The van der Waals surface area contributed by atoms with Crippen LogP contribution in [0.5, 0.6) is 5.75 Å². The number of carbonyl (C=O) groups is 3. The molecule has 0 aliphatic carbocycles. The Hall–Kier alpha value is -3.22.